The number of rotatable bonds is 6. The molecule has 0 aliphatic heterocycles. The van der Waals surface area contributed by atoms with Gasteiger partial charge in [-0.3, -0.25) is 0 Å². The first-order valence-corrected chi connectivity index (χ1v) is 4.87. The smallest absolute Gasteiger partial charge is 0.168 e. The highest BCUT2D eigenvalue weighted by Crippen LogP contribution is 2.13. The molecule has 0 fully saturated rings. The Balaban J connectivity index is 2.21. The van der Waals surface area contributed by atoms with Crippen LogP contribution in [0.3, 0.4) is 0 Å². The maximum absolute atomic E-state index is 5.67. The van der Waals surface area contributed by atoms with Gasteiger partial charge in [-0.05, 0) is 20.3 Å². The van der Waals surface area contributed by atoms with Crippen LogP contribution < -0.4 is 11.1 Å². The third-order valence-corrected chi connectivity index (χ3v) is 1.81. The molecule has 5 nitrogen and oxygen atoms in total. The Hall–Kier alpha value is -1.23. The fourth-order valence-corrected chi connectivity index (χ4v) is 1.17. The van der Waals surface area contributed by atoms with E-state index in [1.807, 2.05) is 13.8 Å². The van der Waals surface area contributed by atoms with Crippen LogP contribution in [0.4, 0.5) is 11.6 Å². The predicted molar refractivity (Wildman–Crippen MR) is 57.3 cm³/mol. The normalized spacial score (nSPS) is 10.4. The van der Waals surface area contributed by atoms with Gasteiger partial charge >= 0.3 is 0 Å². The number of hydrogen-bond donors (Lipinski definition) is 3. The van der Waals surface area contributed by atoms with Gasteiger partial charge in [0.1, 0.15) is 11.6 Å². The Morgan fingerprint density at radius 1 is 1.57 bits per heavy atom. The predicted octanol–water partition coefficient (Wildman–Crippen LogP) is 1.14. The molecule has 1 aromatic heterocycles. The quantitative estimate of drug-likeness (QED) is 0.599. The van der Waals surface area contributed by atoms with Crippen LogP contribution in [0.2, 0.25) is 0 Å². The highest BCUT2D eigenvalue weighted by molar-refractivity contribution is 5.56. The van der Waals surface area contributed by atoms with E-state index in [0.29, 0.717) is 5.82 Å². The average molecular weight is 198 g/mol. The molecule has 0 atom stereocenters. The van der Waals surface area contributed by atoms with Gasteiger partial charge in [-0.2, -0.15) is 0 Å². The summed E-state index contributed by atoms with van der Waals surface area (Å²) < 4.78 is 5.21. The molecular formula is C9H18N4O. The zero-order chi connectivity index (χ0) is 10.4. The summed E-state index contributed by atoms with van der Waals surface area (Å²) in [5.41, 5.74) is 5.67. The minimum atomic E-state index is 0.596. The molecule has 5 heteroatoms. The summed E-state index contributed by atoms with van der Waals surface area (Å²) in [5, 5.41) is 3.15. The van der Waals surface area contributed by atoms with E-state index in [9.17, 15) is 0 Å². The Morgan fingerprint density at radius 2 is 2.36 bits per heavy atom. The molecule has 1 rings (SSSR count). The SMILES string of the molecule is CCOCCCNc1nc(C)[nH]c1N. The van der Waals surface area contributed by atoms with Crippen LogP contribution in [0.15, 0.2) is 0 Å². The molecule has 14 heavy (non-hydrogen) atoms. The Morgan fingerprint density at radius 3 is 2.93 bits per heavy atom. The van der Waals surface area contributed by atoms with E-state index in [0.717, 1.165) is 37.8 Å². The second-order valence-electron chi connectivity index (χ2n) is 3.06. The number of nitrogen functional groups attached to an aromatic ring is 1. The number of nitrogens with one attached hydrogen (secondary N) is 2. The lowest BCUT2D eigenvalue weighted by atomic mass is 10.4. The molecule has 80 valence electrons. The number of anilines is 2. The molecule has 0 bridgehead atoms. The number of hydrogen-bond acceptors (Lipinski definition) is 4. The molecule has 0 saturated carbocycles. The third kappa shape index (κ3) is 3.26. The fourth-order valence-electron chi connectivity index (χ4n) is 1.17. The van der Waals surface area contributed by atoms with Gasteiger partial charge < -0.3 is 20.8 Å². The summed E-state index contributed by atoms with van der Waals surface area (Å²) in [6, 6.07) is 0. The van der Waals surface area contributed by atoms with Crippen molar-refractivity contribution in [3.63, 3.8) is 0 Å². The van der Waals surface area contributed by atoms with Gasteiger partial charge in [-0.25, -0.2) is 4.98 Å². The zero-order valence-electron chi connectivity index (χ0n) is 8.76. The molecule has 1 heterocycles. The lowest BCUT2D eigenvalue weighted by Crippen LogP contribution is -2.07. The minimum absolute atomic E-state index is 0.596. The summed E-state index contributed by atoms with van der Waals surface area (Å²) in [7, 11) is 0. The van der Waals surface area contributed by atoms with Gasteiger partial charge in [0.25, 0.3) is 0 Å². The molecular weight excluding hydrogens is 180 g/mol. The summed E-state index contributed by atoms with van der Waals surface area (Å²) >= 11 is 0. The number of H-pyrrole nitrogens is 1. The largest absolute Gasteiger partial charge is 0.382 e. The van der Waals surface area contributed by atoms with Crippen molar-refractivity contribution in [1.82, 2.24) is 9.97 Å². The summed E-state index contributed by atoms with van der Waals surface area (Å²) in [6.45, 7) is 6.23. The van der Waals surface area contributed by atoms with Crippen molar-refractivity contribution in [2.75, 3.05) is 30.8 Å². The van der Waals surface area contributed by atoms with Crippen molar-refractivity contribution in [3.05, 3.63) is 5.82 Å². The van der Waals surface area contributed by atoms with Crippen molar-refractivity contribution >= 4 is 11.6 Å². The van der Waals surface area contributed by atoms with Crippen LogP contribution in [-0.2, 0) is 4.74 Å². The number of ether oxygens (including phenoxy) is 1. The summed E-state index contributed by atoms with van der Waals surface area (Å²) in [4.78, 5) is 7.13. The standard InChI is InChI=1S/C9H18N4O/c1-3-14-6-4-5-11-9-8(10)12-7(2)13-9/h11H,3-6,10H2,1-2H3,(H,12,13). The molecule has 4 N–H and O–H groups in total. The number of imidazole rings is 1. The molecule has 0 aliphatic rings. The van der Waals surface area contributed by atoms with Gasteiger partial charge in [0.2, 0.25) is 0 Å². The number of nitrogens with two attached hydrogens (primary N) is 1. The molecule has 1 aromatic rings. The van der Waals surface area contributed by atoms with E-state index >= 15 is 0 Å². The van der Waals surface area contributed by atoms with Crippen molar-refractivity contribution < 1.29 is 4.74 Å². The topological polar surface area (TPSA) is 76.0 Å². The van der Waals surface area contributed by atoms with Crippen molar-refractivity contribution in [2.45, 2.75) is 20.3 Å². The highest BCUT2D eigenvalue weighted by atomic mass is 16.5. The van der Waals surface area contributed by atoms with E-state index in [-0.39, 0.29) is 0 Å². The van der Waals surface area contributed by atoms with Gasteiger partial charge in [0, 0.05) is 19.8 Å². The number of aromatic amines is 1. The second-order valence-corrected chi connectivity index (χ2v) is 3.06. The van der Waals surface area contributed by atoms with Gasteiger partial charge in [-0.1, -0.05) is 0 Å². The van der Waals surface area contributed by atoms with Gasteiger partial charge in [0.15, 0.2) is 5.82 Å². The molecule has 0 saturated heterocycles. The summed E-state index contributed by atoms with van der Waals surface area (Å²) in [5.74, 6) is 2.16. The average Bonchev–Trinajstić information content (AvgIpc) is 2.45. The lowest BCUT2D eigenvalue weighted by Gasteiger charge is -2.03. The first-order chi connectivity index (χ1) is 6.74. The molecule has 0 aliphatic carbocycles. The Kier molecular flexibility index (Phi) is 4.25. The van der Waals surface area contributed by atoms with Crippen LogP contribution >= 0.6 is 0 Å². The third-order valence-electron chi connectivity index (χ3n) is 1.81. The first-order valence-electron chi connectivity index (χ1n) is 4.87. The van der Waals surface area contributed by atoms with E-state index in [1.165, 1.54) is 0 Å². The van der Waals surface area contributed by atoms with Crippen molar-refractivity contribution in [1.29, 1.82) is 0 Å². The van der Waals surface area contributed by atoms with E-state index in [1.54, 1.807) is 0 Å². The van der Waals surface area contributed by atoms with Gasteiger partial charge in [-0.15, -0.1) is 0 Å². The van der Waals surface area contributed by atoms with Crippen LogP contribution in [0, 0.1) is 6.92 Å². The number of nitrogens with zero attached hydrogens (tertiary/aromatic N) is 1. The maximum Gasteiger partial charge on any atom is 0.168 e. The fraction of sp³-hybridized carbons (Fsp3) is 0.667. The zero-order valence-corrected chi connectivity index (χ0v) is 8.76. The van der Waals surface area contributed by atoms with Crippen molar-refractivity contribution in [2.24, 2.45) is 0 Å². The molecule has 0 radical (unpaired) electrons. The van der Waals surface area contributed by atoms with Crippen LogP contribution in [0.5, 0.6) is 0 Å². The maximum atomic E-state index is 5.67. The van der Waals surface area contributed by atoms with E-state index < -0.39 is 0 Å². The Labute approximate surface area is 84.1 Å². The number of aryl methyl sites for hydroxylation is 1. The van der Waals surface area contributed by atoms with Crippen LogP contribution in [0.25, 0.3) is 0 Å². The first kappa shape index (κ1) is 10.8. The van der Waals surface area contributed by atoms with Crippen LogP contribution in [-0.4, -0.2) is 29.7 Å². The van der Waals surface area contributed by atoms with Crippen LogP contribution in [0.1, 0.15) is 19.2 Å². The Bertz CT molecular complexity index is 272. The lowest BCUT2D eigenvalue weighted by molar-refractivity contribution is 0.147. The minimum Gasteiger partial charge on any atom is -0.382 e. The van der Waals surface area contributed by atoms with Crippen molar-refractivity contribution in [3.8, 4) is 0 Å². The molecule has 0 amide bonds. The number of aromatic nitrogens is 2. The van der Waals surface area contributed by atoms with E-state index in [2.05, 4.69) is 15.3 Å². The van der Waals surface area contributed by atoms with Gasteiger partial charge in [0.05, 0.1) is 0 Å². The molecule has 0 aromatic carbocycles. The highest BCUT2D eigenvalue weighted by Gasteiger charge is 2.02. The second kappa shape index (κ2) is 5.49. The summed E-state index contributed by atoms with van der Waals surface area (Å²) in [6.07, 6.45) is 0.958. The molecule has 0 spiro atoms. The molecule has 0 unspecified atom stereocenters. The monoisotopic (exact) mass is 198 g/mol. The van der Waals surface area contributed by atoms with E-state index in [4.69, 9.17) is 10.5 Å².